The smallest absolute Gasteiger partial charge is 0.259 e. The maximum Gasteiger partial charge on any atom is 0.259 e. The number of hydrogen-bond donors (Lipinski definition) is 2. The van der Waals surface area contributed by atoms with Gasteiger partial charge in [-0.25, -0.2) is 9.37 Å². The molecule has 7 heteroatoms. The molecule has 2 rings (SSSR count). The van der Waals surface area contributed by atoms with Gasteiger partial charge in [-0.1, -0.05) is 11.6 Å². The van der Waals surface area contributed by atoms with Crippen molar-refractivity contribution in [3.8, 4) is 0 Å². The molecule has 1 amide bonds. The maximum absolute atomic E-state index is 13.0. The third kappa shape index (κ3) is 3.21. The van der Waals surface area contributed by atoms with Gasteiger partial charge in [0.2, 0.25) is 0 Å². The van der Waals surface area contributed by atoms with Crippen LogP contribution >= 0.6 is 27.5 Å². The second-order valence-electron chi connectivity index (χ2n) is 3.67. The highest BCUT2D eigenvalue weighted by Gasteiger charge is 2.12. The van der Waals surface area contributed by atoms with E-state index in [0.717, 1.165) is 0 Å². The van der Waals surface area contributed by atoms with Crippen LogP contribution in [-0.2, 0) is 0 Å². The van der Waals surface area contributed by atoms with Crippen LogP contribution in [0.2, 0.25) is 5.02 Å². The second kappa shape index (κ2) is 5.54. The Hall–Kier alpha value is -1.66. The van der Waals surface area contributed by atoms with E-state index in [-0.39, 0.29) is 16.4 Å². The lowest BCUT2D eigenvalue weighted by Gasteiger charge is -2.08. The highest BCUT2D eigenvalue weighted by atomic mass is 79.9. The normalized spacial score (nSPS) is 10.3. The molecule has 0 spiro atoms. The molecule has 3 N–H and O–H groups in total. The van der Waals surface area contributed by atoms with Crippen LogP contribution in [0.3, 0.4) is 0 Å². The van der Waals surface area contributed by atoms with Crippen LogP contribution in [0.4, 0.5) is 15.9 Å². The van der Waals surface area contributed by atoms with Crippen molar-refractivity contribution in [2.24, 2.45) is 0 Å². The summed E-state index contributed by atoms with van der Waals surface area (Å²) in [6.45, 7) is 0. The Morgan fingerprint density at radius 1 is 1.42 bits per heavy atom. The number of carbonyl (C=O) groups is 1. The maximum atomic E-state index is 13.0. The van der Waals surface area contributed by atoms with E-state index in [1.807, 2.05) is 0 Å². The molecule has 0 saturated heterocycles. The number of nitrogen functional groups attached to an aromatic ring is 1. The van der Waals surface area contributed by atoms with Gasteiger partial charge >= 0.3 is 0 Å². The third-order valence-electron chi connectivity index (χ3n) is 2.31. The van der Waals surface area contributed by atoms with E-state index in [0.29, 0.717) is 10.2 Å². The van der Waals surface area contributed by atoms with Gasteiger partial charge in [-0.2, -0.15) is 0 Å². The summed E-state index contributed by atoms with van der Waals surface area (Å²) >= 11 is 8.83. The van der Waals surface area contributed by atoms with Crippen LogP contribution in [0.5, 0.6) is 0 Å². The molecule has 0 radical (unpaired) electrons. The van der Waals surface area contributed by atoms with Gasteiger partial charge < -0.3 is 11.1 Å². The van der Waals surface area contributed by atoms with Crippen LogP contribution in [0.1, 0.15) is 10.4 Å². The zero-order valence-electron chi connectivity index (χ0n) is 9.45. The second-order valence-corrected chi connectivity index (χ2v) is 4.99. The number of anilines is 2. The predicted octanol–water partition coefficient (Wildman–Crippen LogP) is 3.47. The molecule has 1 aromatic carbocycles. The third-order valence-corrected chi connectivity index (χ3v) is 3.03. The standard InChI is InChI=1S/C12H8BrClFN3O/c13-6-3-8(11(16)17-5-6)12(19)18-7-1-2-10(15)9(14)4-7/h1-5H,(H2,16,17)(H,18,19). The minimum absolute atomic E-state index is 0.0712. The number of amides is 1. The van der Waals surface area contributed by atoms with Crippen LogP contribution in [0.15, 0.2) is 34.9 Å². The van der Waals surface area contributed by atoms with E-state index in [1.54, 1.807) is 6.07 Å². The van der Waals surface area contributed by atoms with Crippen LogP contribution in [-0.4, -0.2) is 10.9 Å². The van der Waals surface area contributed by atoms with Crippen molar-refractivity contribution in [2.75, 3.05) is 11.1 Å². The lowest BCUT2D eigenvalue weighted by Crippen LogP contribution is -2.15. The van der Waals surface area contributed by atoms with Crippen molar-refractivity contribution in [3.05, 3.63) is 51.3 Å². The van der Waals surface area contributed by atoms with Crippen LogP contribution in [0, 0.1) is 5.82 Å². The summed E-state index contributed by atoms with van der Waals surface area (Å²) in [5.41, 5.74) is 6.21. The summed E-state index contributed by atoms with van der Waals surface area (Å²) in [6.07, 6.45) is 1.49. The number of nitrogens with two attached hydrogens (primary N) is 1. The van der Waals surface area contributed by atoms with Crippen molar-refractivity contribution >= 4 is 44.9 Å². The molecule has 0 aliphatic carbocycles. The van der Waals surface area contributed by atoms with Gasteiger partial charge in [0, 0.05) is 16.4 Å². The lowest BCUT2D eigenvalue weighted by molar-refractivity contribution is 0.102. The molecule has 0 unspecified atom stereocenters. The molecule has 4 nitrogen and oxygen atoms in total. The van der Waals surface area contributed by atoms with Gasteiger partial charge in [-0.3, -0.25) is 4.79 Å². The molecule has 19 heavy (non-hydrogen) atoms. The SMILES string of the molecule is Nc1ncc(Br)cc1C(=O)Nc1ccc(F)c(Cl)c1. The topological polar surface area (TPSA) is 68.0 Å². The Morgan fingerprint density at radius 2 is 2.16 bits per heavy atom. The average molecular weight is 345 g/mol. The van der Waals surface area contributed by atoms with E-state index < -0.39 is 11.7 Å². The van der Waals surface area contributed by atoms with Crippen LogP contribution < -0.4 is 11.1 Å². The number of aromatic nitrogens is 1. The number of halogens is 3. The van der Waals surface area contributed by atoms with Crippen molar-refractivity contribution < 1.29 is 9.18 Å². The molecule has 1 heterocycles. The number of nitrogens with zero attached hydrogens (tertiary/aromatic N) is 1. The molecule has 0 aliphatic rings. The summed E-state index contributed by atoms with van der Waals surface area (Å²) in [6, 6.07) is 5.43. The molecule has 0 bridgehead atoms. The van der Waals surface area contributed by atoms with E-state index in [4.69, 9.17) is 17.3 Å². The van der Waals surface area contributed by atoms with Crippen molar-refractivity contribution in [2.45, 2.75) is 0 Å². The molecular formula is C12H8BrClFN3O. The fourth-order valence-corrected chi connectivity index (χ4v) is 1.92. The number of pyridine rings is 1. The molecule has 1 aromatic heterocycles. The summed E-state index contributed by atoms with van der Waals surface area (Å²) in [5, 5.41) is 2.49. The molecule has 98 valence electrons. The first-order valence-corrected chi connectivity index (χ1v) is 6.32. The molecule has 0 fully saturated rings. The Kier molecular flexibility index (Phi) is 4.01. The van der Waals surface area contributed by atoms with Gasteiger partial charge in [0.05, 0.1) is 10.6 Å². The first-order chi connectivity index (χ1) is 8.97. The van der Waals surface area contributed by atoms with Gasteiger partial charge in [-0.05, 0) is 40.2 Å². The average Bonchev–Trinajstić information content (AvgIpc) is 2.36. The number of hydrogen-bond acceptors (Lipinski definition) is 3. The van der Waals surface area contributed by atoms with E-state index in [2.05, 4.69) is 26.2 Å². The highest BCUT2D eigenvalue weighted by Crippen LogP contribution is 2.21. The lowest BCUT2D eigenvalue weighted by atomic mass is 10.2. The molecule has 0 atom stereocenters. The van der Waals surface area contributed by atoms with E-state index in [9.17, 15) is 9.18 Å². The Labute approximate surface area is 121 Å². The minimum atomic E-state index is -0.552. The monoisotopic (exact) mass is 343 g/mol. The van der Waals surface area contributed by atoms with Crippen molar-refractivity contribution in [1.29, 1.82) is 0 Å². The minimum Gasteiger partial charge on any atom is -0.383 e. The summed E-state index contributed by atoms with van der Waals surface area (Å²) in [4.78, 5) is 15.9. The molecule has 2 aromatic rings. The number of benzene rings is 1. The highest BCUT2D eigenvalue weighted by molar-refractivity contribution is 9.10. The van der Waals surface area contributed by atoms with E-state index in [1.165, 1.54) is 24.4 Å². The number of rotatable bonds is 2. The fourth-order valence-electron chi connectivity index (χ4n) is 1.40. The van der Waals surface area contributed by atoms with Crippen LogP contribution in [0.25, 0.3) is 0 Å². The van der Waals surface area contributed by atoms with Crippen molar-refractivity contribution in [3.63, 3.8) is 0 Å². The Bertz CT molecular complexity index is 651. The first-order valence-electron chi connectivity index (χ1n) is 5.15. The van der Waals surface area contributed by atoms with Gasteiger partial charge in [0.25, 0.3) is 5.91 Å². The van der Waals surface area contributed by atoms with Gasteiger partial charge in [-0.15, -0.1) is 0 Å². The van der Waals surface area contributed by atoms with Gasteiger partial charge in [0.15, 0.2) is 0 Å². The zero-order valence-corrected chi connectivity index (χ0v) is 11.8. The number of nitrogens with one attached hydrogen (secondary N) is 1. The summed E-state index contributed by atoms with van der Waals surface area (Å²) in [5.74, 6) is -0.897. The number of carbonyl (C=O) groups excluding carboxylic acids is 1. The summed E-state index contributed by atoms with van der Waals surface area (Å²) in [7, 11) is 0. The molecule has 0 aliphatic heterocycles. The molecular weight excluding hydrogens is 337 g/mol. The Morgan fingerprint density at radius 3 is 2.84 bits per heavy atom. The predicted molar refractivity (Wildman–Crippen MR) is 75.7 cm³/mol. The van der Waals surface area contributed by atoms with Gasteiger partial charge in [0.1, 0.15) is 11.6 Å². The first kappa shape index (κ1) is 13.8. The Balaban J connectivity index is 2.25. The quantitative estimate of drug-likeness (QED) is 0.876. The largest absolute Gasteiger partial charge is 0.383 e. The molecule has 0 saturated carbocycles. The van der Waals surface area contributed by atoms with Crippen molar-refractivity contribution in [1.82, 2.24) is 4.98 Å². The summed E-state index contributed by atoms with van der Waals surface area (Å²) < 4.78 is 13.6. The fraction of sp³-hybridized carbons (Fsp3) is 0. The zero-order chi connectivity index (χ0) is 14.0. The van der Waals surface area contributed by atoms with E-state index >= 15 is 0 Å².